The average Bonchev–Trinajstić information content (AvgIpc) is 2.59. The quantitative estimate of drug-likeness (QED) is 0.771. The molecule has 0 amide bonds. The Bertz CT molecular complexity index is 947. The molecule has 0 fully saturated rings. The first-order chi connectivity index (χ1) is 11.4. The molecule has 6 heteroatoms. The van der Waals surface area contributed by atoms with E-state index in [-0.39, 0.29) is 11.5 Å². The molecule has 1 atom stereocenters. The lowest BCUT2D eigenvalue weighted by atomic mass is 10.1. The third-order valence-corrected chi connectivity index (χ3v) is 4.81. The standard InChI is InChI=1S/C18H17NO4S/c1-24(21,22)15-9-7-13(8-10-15)16(20)12-23-17-6-2-4-14-5-3-11-19-18(14)17/h2-11,16,20H,12H2,1H3. The van der Waals surface area contributed by atoms with Crippen molar-refractivity contribution in [1.82, 2.24) is 4.98 Å². The van der Waals surface area contributed by atoms with E-state index in [2.05, 4.69) is 4.98 Å². The zero-order valence-corrected chi connectivity index (χ0v) is 13.9. The number of benzene rings is 2. The highest BCUT2D eigenvalue weighted by Crippen LogP contribution is 2.24. The number of hydrogen-bond donors (Lipinski definition) is 1. The van der Waals surface area contributed by atoms with E-state index >= 15 is 0 Å². The predicted molar refractivity (Wildman–Crippen MR) is 91.7 cm³/mol. The van der Waals surface area contributed by atoms with Crippen molar-refractivity contribution < 1.29 is 18.3 Å². The van der Waals surface area contributed by atoms with Crippen molar-refractivity contribution in [2.75, 3.05) is 12.9 Å². The number of aromatic nitrogens is 1. The molecule has 124 valence electrons. The van der Waals surface area contributed by atoms with Crippen molar-refractivity contribution in [3.63, 3.8) is 0 Å². The third kappa shape index (κ3) is 3.55. The monoisotopic (exact) mass is 343 g/mol. The van der Waals surface area contributed by atoms with Gasteiger partial charge in [-0.1, -0.05) is 30.3 Å². The Kier molecular flexibility index (Phi) is 4.51. The van der Waals surface area contributed by atoms with Crippen molar-refractivity contribution in [1.29, 1.82) is 0 Å². The number of para-hydroxylation sites is 1. The van der Waals surface area contributed by atoms with E-state index in [1.165, 1.54) is 12.1 Å². The minimum Gasteiger partial charge on any atom is -0.488 e. The summed E-state index contributed by atoms with van der Waals surface area (Å²) in [4.78, 5) is 4.52. The highest BCUT2D eigenvalue weighted by atomic mass is 32.2. The summed E-state index contributed by atoms with van der Waals surface area (Å²) < 4.78 is 28.6. The van der Waals surface area contributed by atoms with E-state index in [1.54, 1.807) is 24.4 Å². The van der Waals surface area contributed by atoms with Gasteiger partial charge in [0, 0.05) is 17.8 Å². The van der Waals surface area contributed by atoms with Crippen molar-refractivity contribution in [2.45, 2.75) is 11.0 Å². The number of nitrogens with zero attached hydrogens (tertiary/aromatic N) is 1. The summed E-state index contributed by atoms with van der Waals surface area (Å²) in [6.45, 7) is 0.0495. The maximum atomic E-state index is 11.5. The molecule has 1 N–H and O–H groups in total. The van der Waals surface area contributed by atoms with Crippen LogP contribution in [0.3, 0.4) is 0 Å². The lowest BCUT2D eigenvalue weighted by Crippen LogP contribution is -2.10. The van der Waals surface area contributed by atoms with E-state index in [4.69, 9.17) is 4.74 Å². The Labute approximate surface area is 140 Å². The summed E-state index contributed by atoms with van der Waals surface area (Å²) >= 11 is 0. The molecule has 24 heavy (non-hydrogen) atoms. The van der Waals surface area contributed by atoms with Crippen LogP contribution in [0.2, 0.25) is 0 Å². The molecule has 2 aromatic carbocycles. The lowest BCUT2D eigenvalue weighted by Gasteiger charge is -2.14. The summed E-state index contributed by atoms with van der Waals surface area (Å²) in [6.07, 6.45) is 1.97. The van der Waals surface area contributed by atoms with Gasteiger partial charge in [-0.2, -0.15) is 0 Å². The fourth-order valence-corrected chi connectivity index (χ4v) is 3.03. The van der Waals surface area contributed by atoms with Crippen LogP contribution in [0.1, 0.15) is 11.7 Å². The first kappa shape index (κ1) is 16.4. The van der Waals surface area contributed by atoms with Crippen LogP contribution >= 0.6 is 0 Å². The second-order valence-corrected chi connectivity index (χ2v) is 7.52. The SMILES string of the molecule is CS(=O)(=O)c1ccc(C(O)COc2cccc3cccnc23)cc1. The summed E-state index contributed by atoms with van der Waals surface area (Å²) in [5, 5.41) is 11.2. The molecule has 0 spiro atoms. The van der Waals surface area contributed by atoms with Gasteiger partial charge < -0.3 is 9.84 Å². The van der Waals surface area contributed by atoms with Gasteiger partial charge in [0.05, 0.1) is 4.90 Å². The highest BCUT2D eigenvalue weighted by molar-refractivity contribution is 7.90. The number of aliphatic hydroxyl groups excluding tert-OH is 1. The Morgan fingerprint density at radius 1 is 1.08 bits per heavy atom. The van der Waals surface area contributed by atoms with Gasteiger partial charge in [0.2, 0.25) is 0 Å². The molecule has 0 saturated heterocycles. The summed E-state index contributed by atoms with van der Waals surface area (Å²) in [5.41, 5.74) is 1.33. The minimum atomic E-state index is -3.25. The van der Waals surface area contributed by atoms with Gasteiger partial charge in [0.1, 0.15) is 24.0 Å². The smallest absolute Gasteiger partial charge is 0.175 e. The maximum absolute atomic E-state index is 11.5. The van der Waals surface area contributed by atoms with E-state index in [9.17, 15) is 13.5 Å². The molecule has 3 rings (SSSR count). The number of sulfone groups is 1. The number of rotatable bonds is 5. The third-order valence-electron chi connectivity index (χ3n) is 3.69. The van der Waals surface area contributed by atoms with Gasteiger partial charge in [0.15, 0.2) is 9.84 Å². The van der Waals surface area contributed by atoms with Gasteiger partial charge in [-0.15, -0.1) is 0 Å². The fourth-order valence-electron chi connectivity index (χ4n) is 2.39. The highest BCUT2D eigenvalue weighted by Gasteiger charge is 2.12. The van der Waals surface area contributed by atoms with Crippen molar-refractivity contribution in [3.8, 4) is 5.75 Å². The molecule has 0 aliphatic rings. The molecular weight excluding hydrogens is 326 g/mol. The molecule has 0 aliphatic carbocycles. The molecule has 5 nitrogen and oxygen atoms in total. The van der Waals surface area contributed by atoms with E-state index in [0.717, 1.165) is 17.2 Å². The number of ether oxygens (including phenoxy) is 1. The summed E-state index contributed by atoms with van der Waals surface area (Å²) in [5.74, 6) is 0.597. The van der Waals surface area contributed by atoms with Crippen molar-refractivity contribution in [2.24, 2.45) is 0 Å². The van der Waals surface area contributed by atoms with Crippen LogP contribution in [0.25, 0.3) is 10.9 Å². The van der Waals surface area contributed by atoms with Crippen molar-refractivity contribution >= 4 is 20.7 Å². The van der Waals surface area contributed by atoms with Gasteiger partial charge in [-0.25, -0.2) is 8.42 Å². The molecule has 1 heterocycles. The lowest BCUT2D eigenvalue weighted by molar-refractivity contribution is 0.109. The molecule has 1 aromatic heterocycles. The second-order valence-electron chi connectivity index (χ2n) is 5.50. The zero-order valence-electron chi connectivity index (χ0n) is 13.1. The summed E-state index contributed by atoms with van der Waals surface area (Å²) in [7, 11) is -3.25. The number of pyridine rings is 1. The fraction of sp³-hybridized carbons (Fsp3) is 0.167. The number of hydrogen-bond acceptors (Lipinski definition) is 5. The van der Waals surface area contributed by atoms with E-state index in [0.29, 0.717) is 11.3 Å². The van der Waals surface area contributed by atoms with Crippen LogP contribution in [0.15, 0.2) is 65.7 Å². The van der Waals surface area contributed by atoms with Gasteiger partial charge in [-0.05, 0) is 29.8 Å². The van der Waals surface area contributed by atoms with Crippen molar-refractivity contribution in [3.05, 3.63) is 66.4 Å². The normalized spacial score (nSPS) is 12.9. The Hall–Kier alpha value is -2.44. The second kappa shape index (κ2) is 6.59. The first-order valence-electron chi connectivity index (χ1n) is 7.40. The van der Waals surface area contributed by atoms with Gasteiger partial charge >= 0.3 is 0 Å². The summed E-state index contributed by atoms with van der Waals surface area (Å²) in [6, 6.07) is 15.5. The molecule has 0 bridgehead atoms. The van der Waals surface area contributed by atoms with E-state index in [1.807, 2.05) is 24.3 Å². The zero-order chi connectivity index (χ0) is 17.2. The Morgan fingerprint density at radius 2 is 1.79 bits per heavy atom. The largest absolute Gasteiger partial charge is 0.488 e. The van der Waals surface area contributed by atoms with Crippen LogP contribution in [-0.2, 0) is 9.84 Å². The predicted octanol–water partition coefficient (Wildman–Crippen LogP) is 2.75. The van der Waals surface area contributed by atoms with Crippen LogP contribution in [0, 0.1) is 0 Å². The molecule has 0 aliphatic heterocycles. The average molecular weight is 343 g/mol. The maximum Gasteiger partial charge on any atom is 0.175 e. The topological polar surface area (TPSA) is 76.5 Å². The van der Waals surface area contributed by atoms with Gasteiger partial charge in [0.25, 0.3) is 0 Å². The van der Waals surface area contributed by atoms with Crippen LogP contribution in [0.4, 0.5) is 0 Å². The molecular formula is C18H17NO4S. The molecule has 0 saturated carbocycles. The van der Waals surface area contributed by atoms with Crippen LogP contribution in [0.5, 0.6) is 5.75 Å². The number of aliphatic hydroxyl groups is 1. The molecule has 1 unspecified atom stereocenters. The Morgan fingerprint density at radius 3 is 2.50 bits per heavy atom. The molecule has 3 aromatic rings. The first-order valence-corrected chi connectivity index (χ1v) is 9.29. The van der Waals surface area contributed by atoms with Crippen LogP contribution in [-0.4, -0.2) is 31.4 Å². The minimum absolute atomic E-state index is 0.0495. The Balaban J connectivity index is 1.74. The number of fused-ring (bicyclic) bond motifs is 1. The van der Waals surface area contributed by atoms with E-state index < -0.39 is 15.9 Å². The molecule has 0 radical (unpaired) electrons. The van der Waals surface area contributed by atoms with Gasteiger partial charge in [-0.3, -0.25) is 4.98 Å². The van der Waals surface area contributed by atoms with Crippen LogP contribution < -0.4 is 4.74 Å².